The molecule has 3 aromatic heterocycles. The van der Waals surface area contributed by atoms with Gasteiger partial charge in [-0.1, -0.05) is 11.6 Å². The lowest BCUT2D eigenvalue weighted by molar-refractivity contribution is -0.136. The van der Waals surface area contributed by atoms with Gasteiger partial charge in [-0.15, -0.1) is 0 Å². The molecule has 4 heterocycles. The number of likely N-dealkylation sites (tertiary alicyclic amines) is 1. The Hall–Kier alpha value is -4.31. The molecule has 0 spiro atoms. The zero-order valence-corrected chi connectivity index (χ0v) is 24.5. The number of hydrogen-bond acceptors (Lipinski definition) is 9. The Balaban J connectivity index is 1.35. The number of carbonyl (C=O) groups is 1. The first-order valence-corrected chi connectivity index (χ1v) is 15.0. The molecule has 0 unspecified atom stereocenters. The van der Waals surface area contributed by atoms with Gasteiger partial charge in [-0.2, -0.15) is 8.42 Å². The maximum absolute atomic E-state index is 15.7. The maximum atomic E-state index is 15.7. The van der Waals surface area contributed by atoms with Gasteiger partial charge in [0, 0.05) is 47.6 Å². The van der Waals surface area contributed by atoms with Crippen molar-refractivity contribution in [3.05, 3.63) is 71.7 Å². The molecule has 1 fully saturated rings. The molecule has 44 heavy (non-hydrogen) atoms. The van der Waals surface area contributed by atoms with Gasteiger partial charge in [-0.3, -0.25) is 14.3 Å². The SMILES string of the molecule is Cc1nc2cnc3cc(F)c(-c4ccc(Oc5ncccn5)cc4Cl)cc3c2n1[C@H]1CCN(C(=O)COS(=O)(=O)O)C[C@@H]1F. The number of amides is 1. The minimum atomic E-state index is -4.82. The first-order valence-electron chi connectivity index (χ1n) is 13.2. The van der Waals surface area contributed by atoms with Crippen LogP contribution in [0.1, 0.15) is 18.3 Å². The van der Waals surface area contributed by atoms with Gasteiger partial charge in [0.05, 0.1) is 34.8 Å². The number of carbonyl (C=O) groups excluding carboxylic acids is 1. The average molecular weight is 645 g/mol. The molecule has 0 bridgehead atoms. The fourth-order valence-corrected chi connectivity index (χ4v) is 5.90. The lowest BCUT2D eigenvalue weighted by atomic mass is 10.00. The van der Waals surface area contributed by atoms with Crippen LogP contribution in [0.4, 0.5) is 8.78 Å². The molecule has 5 aromatic rings. The summed E-state index contributed by atoms with van der Waals surface area (Å²) >= 11 is 6.58. The predicted octanol–water partition coefficient (Wildman–Crippen LogP) is 4.87. The summed E-state index contributed by atoms with van der Waals surface area (Å²) in [4.78, 5) is 30.4. The number of nitrogens with zero attached hydrogens (tertiary/aromatic N) is 6. The Kier molecular flexibility index (Phi) is 7.88. The Morgan fingerprint density at radius 2 is 1.91 bits per heavy atom. The van der Waals surface area contributed by atoms with Crippen molar-refractivity contribution in [3.63, 3.8) is 0 Å². The molecule has 1 N–H and O–H groups in total. The van der Waals surface area contributed by atoms with Crippen molar-refractivity contribution in [1.29, 1.82) is 0 Å². The zero-order chi connectivity index (χ0) is 31.2. The molecule has 1 aliphatic heterocycles. The smallest absolute Gasteiger partial charge is 0.397 e. The van der Waals surface area contributed by atoms with Crippen molar-refractivity contribution >= 4 is 49.8 Å². The lowest BCUT2D eigenvalue weighted by Gasteiger charge is -2.36. The molecule has 0 saturated carbocycles. The molecular weight excluding hydrogens is 622 g/mol. The molecule has 1 amide bonds. The summed E-state index contributed by atoms with van der Waals surface area (Å²) in [5.74, 6) is -0.510. The van der Waals surface area contributed by atoms with Crippen molar-refractivity contribution < 1.29 is 35.5 Å². The number of fused-ring (bicyclic) bond motifs is 3. The minimum Gasteiger partial charge on any atom is -0.424 e. The number of ether oxygens (including phenoxy) is 1. The number of aryl methyl sites for hydroxylation is 1. The Morgan fingerprint density at radius 3 is 2.61 bits per heavy atom. The van der Waals surface area contributed by atoms with Gasteiger partial charge in [0.15, 0.2) is 0 Å². The summed E-state index contributed by atoms with van der Waals surface area (Å²) < 4.78 is 73.1. The van der Waals surface area contributed by atoms with E-state index in [-0.39, 0.29) is 36.1 Å². The van der Waals surface area contributed by atoms with Crippen LogP contribution in [-0.4, -0.2) is 74.1 Å². The van der Waals surface area contributed by atoms with Crippen molar-refractivity contribution in [2.24, 2.45) is 0 Å². The van der Waals surface area contributed by atoms with E-state index in [2.05, 4.69) is 24.1 Å². The van der Waals surface area contributed by atoms with E-state index in [0.29, 0.717) is 39.1 Å². The molecule has 12 nitrogen and oxygen atoms in total. The fourth-order valence-electron chi connectivity index (χ4n) is 5.37. The van der Waals surface area contributed by atoms with Gasteiger partial charge in [0.2, 0.25) is 5.91 Å². The fraction of sp³-hybridized carbons (Fsp3) is 0.250. The Labute approximate surface area is 254 Å². The van der Waals surface area contributed by atoms with E-state index in [0.717, 1.165) is 4.90 Å². The van der Waals surface area contributed by atoms with Crippen LogP contribution >= 0.6 is 11.6 Å². The van der Waals surface area contributed by atoms with Gasteiger partial charge in [0.1, 0.15) is 35.7 Å². The zero-order valence-electron chi connectivity index (χ0n) is 22.9. The lowest BCUT2D eigenvalue weighted by Crippen LogP contribution is -2.47. The summed E-state index contributed by atoms with van der Waals surface area (Å²) in [6.07, 6.45) is 3.15. The van der Waals surface area contributed by atoms with Gasteiger partial charge in [-0.25, -0.2) is 27.9 Å². The maximum Gasteiger partial charge on any atom is 0.397 e. The van der Waals surface area contributed by atoms with E-state index in [1.165, 1.54) is 30.7 Å². The van der Waals surface area contributed by atoms with Crippen LogP contribution in [0.5, 0.6) is 11.8 Å². The van der Waals surface area contributed by atoms with Gasteiger partial charge >= 0.3 is 16.4 Å². The summed E-state index contributed by atoms with van der Waals surface area (Å²) in [5, 5.41) is 0.723. The number of benzene rings is 2. The van der Waals surface area contributed by atoms with Gasteiger partial charge in [0.25, 0.3) is 0 Å². The quantitative estimate of drug-likeness (QED) is 0.243. The van der Waals surface area contributed by atoms with Crippen LogP contribution in [0.15, 0.2) is 55.0 Å². The normalized spacial score (nSPS) is 17.3. The number of alkyl halides is 1. The number of piperidine rings is 1. The van der Waals surface area contributed by atoms with Gasteiger partial charge in [-0.05, 0) is 37.6 Å². The first-order chi connectivity index (χ1) is 21.0. The number of rotatable bonds is 7. The molecule has 2 atom stereocenters. The monoisotopic (exact) mass is 644 g/mol. The van der Waals surface area contributed by atoms with E-state index in [1.54, 1.807) is 35.8 Å². The largest absolute Gasteiger partial charge is 0.424 e. The van der Waals surface area contributed by atoms with Crippen molar-refractivity contribution in [3.8, 4) is 22.9 Å². The third-order valence-electron chi connectivity index (χ3n) is 7.29. The molecule has 1 saturated heterocycles. The topological polar surface area (TPSA) is 150 Å². The molecule has 1 aliphatic rings. The standard InChI is InChI=1S/C28H23ClF2N6O6S/c1-15-35-24-12-34-23-11-21(30)18(17-4-3-16(9-20(17)29)43-28-32-6-2-7-33-28)10-19(23)27(24)37(15)25-5-8-36(13-22(25)31)26(38)14-42-44(39,40)41/h2-4,6-7,9-12,22,25H,5,8,13-14H2,1H3,(H,39,40,41)/t22-,25-/m0/s1. The van der Waals surface area contributed by atoms with E-state index in [4.69, 9.17) is 20.9 Å². The molecule has 0 radical (unpaired) electrons. The van der Waals surface area contributed by atoms with Crippen LogP contribution in [0, 0.1) is 12.7 Å². The molecule has 0 aliphatic carbocycles. The highest BCUT2D eigenvalue weighted by atomic mass is 35.5. The van der Waals surface area contributed by atoms with E-state index < -0.39 is 40.9 Å². The van der Waals surface area contributed by atoms with Crippen LogP contribution in [0.25, 0.3) is 33.1 Å². The second-order valence-electron chi connectivity index (χ2n) is 10.0. The van der Waals surface area contributed by atoms with Crippen molar-refractivity contribution in [2.75, 3.05) is 19.7 Å². The van der Waals surface area contributed by atoms with Crippen LogP contribution in [0.2, 0.25) is 5.02 Å². The number of imidazole rings is 1. The first kappa shape index (κ1) is 29.7. The second kappa shape index (κ2) is 11.6. The van der Waals surface area contributed by atoms with Crippen molar-refractivity contribution in [1.82, 2.24) is 29.4 Å². The second-order valence-corrected chi connectivity index (χ2v) is 11.5. The summed E-state index contributed by atoms with van der Waals surface area (Å²) in [7, 11) is -4.82. The van der Waals surface area contributed by atoms with Crippen LogP contribution < -0.4 is 4.74 Å². The Bertz CT molecular complexity index is 2010. The number of pyridine rings is 1. The molecule has 2 aromatic carbocycles. The van der Waals surface area contributed by atoms with E-state index in [9.17, 15) is 13.2 Å². The summed E-state index contributed by atoms with van der Waals surface area (Å²) in [6.45, 7) is 0.535. The number of halogens is 3. The van der Waals surface area contributed by atoms with Gasteiger partial charge < -0.3 is 14.2 Å². The van der Waals surface area contributed by atoms with Crippen LogP contribution in [-0.2, 0) is 19.4 Å². The summed E-state index contributed by atoms with van der Waals surface area (Å²) in [6, 6.07) is 8.64. The minimum absolute atomic E-state index is 0.0960. The molecule has 228 valence electrons. The predicted molar refractivity (Wildman–Crippen MR) is 155 cm³/mol. The molecular formula is C28H23ClF2N6O6S. The third kappa shape index (κ3) is 5.91. The van der Waals surface area contributed by atoms with Crippen LogP contribution in [0.3, 0.4) is 0 Å². The number of hydrogen-bond donors (Lipinski definition) is 1. The highest BCUT2D eigenvalue weighted by Crippen LogP contribution is 2.39. The number of aromatic nitrogens is 5. The van der Waals surface area contributed by atoms with E-state index >= 15 is 8.78 Å². The highest BCUT2D eigenvalue weighted by molar-refractivity contribution is 7.80. The van der Waals surface area contributed by atoms with E-state index in [1.807, 2.05) is 0 Å². The molecule has 16 heteroatoms. The average Bonchev–Trinajstić information content (AvgIpc) is 3.32. The molecule has 6 rings (SSSR count). The van der Waals surface area contributed by atoms with Crippen molar-refractivity contribution in [2.45, 2.75) is 25.6 Å². The third-order valence-corrected chi connectivity index (χ3v) is 8.01. The summed E-state index contributed by atoms with van der Waals surface area (Å²) in [5.41, 5.74) is 1.89. The highest BCUT2D eigenvalue weighted by Gasteiger charge is 2.35. The Morgan fingerprint density at radius 1 is 1.14 bits per heavy atom.